The van der Waals surface area contributed by atoms with Crippen molar-refractivity contribution in [2.45, 2.75) is 13.8 Å². The Kier molecular flexibility index (Phi) is 6.16. The van der Waals surface area contributed by atoms with Gasteiger partial charge in [-0.25, -0.2) is 9.97 Å². The molecule has 2 amide bonds. The van der Waals surface area contributed by atoms with Crippen LogP contribution in [-0.2, 0) is 4.79 Å². The van der Waals surface area contributed by atoms with E-state index in [1.165, 1.54) is 6.92 Å². The summed E-state index contributed by atoms with van der Waals surface area (Å²) in [4.78, 5) is 36.5. The van der Waals surface area contributed by atoms with E-state index in [-0.39, 0.29) is 11.8 Å². The molecule has 1 saturated heterocycles. The van der Waals surface area contributed by atoms with Gasteiger partial charge in [-0.05, 0) is 19.1 Å². The maximum atomic E-state index is 12.9. The van der Waals surface area contributed by atoms with Crippen molar-refractivity contribution in [1.29, 1.82) is 0 Å². The average molecular weight is 399 g/mol. The molecule has 0 radical (unpaired) electrons. The quantitative estimate of drug-likeness (QED) is 0.819. The van der Waals surface area contributed by atoms with Gasteiger partial charge in [0.25, 0.3) is 5.91 Å². The molecule has 1 N–H and O–H groups in total. The van der Waals surface area contributed by atoms with Gasteiger partial charge in [-0.15, -0.1) is 0 Å². The van der Waals surface area contributed by atoms with E-state index in [4.69, 9.17) is 9.47 Å². The zero-order chi connectivity index (χ0) is 21.0. The lowest BCUT2D eigenvalue weighted by Crippen LogP contribution is -2.50. The van der Waals surface area contributed by atoms with Gasteiger partial charge in [0.15, 0.2) is 0 Å². The summed E-state index contributed by atoms with van der Waals surface area (Å²) in [6.45, 7) is 5.28. The van der Waals surface area contributed by atoms with Crippen LogP contribution in [0.5, 0.6) is 11.5 Å². The van der Waals surface area contributed by atoms with Crippen LogP contribution >= 0.6 is 0 Å². The second-order valence-electron chi connectivity index (χ2n) is 6.68. The number of carbonyl (C=O) groups excluding carboxylic acids is 2. The summed E-state index contributed by atoms with van der Waals surface area (Å²) in [6, 6.07) is 6.99. The van der Waals surface area contributed by atoms with Crippen molar-refractivity contribution in [3.8, 4) is 11.5 Å². The number of aryl methyl sites for hydroxylation is 1. The zero-order valence-electron chi connectivity index (χ0n) is 17.1. The smallest absolute Gasteiger partial charge is 0.272 e. The van der Waals surface area contributed by atoms with Crippen molar-refractivity contribution in [3.05, 3.63) is 35.8 Å². The van der Waals surface area contributed by atoms with Crippen LogP contribution in [0.15, 0.2) is 24.3 Å². The maximum Gasteiger partial charge on any atom is 0.272 e. The van der Waals surface area contributed by atoms with Crippen molar-refractivity contribution in [3.63, 3.8) is 0 Å². The molecule has 0 unspecified atom stereocenters. The van der Waals surface area contributed by atoms with Gasteiger partial charge in [-0.2, -0.15) is 0 Å². The van der Waals surface area contributed by atoms with Crippen molar-refractivity contribution in [2.75, 3.05) is 45.7 Å². The van der Waals surface area contributed by atoms with Gasteiger partial charge in [0.2, 0.25) is 5.91 Å². The molecule has 1 aromatic carbocycles. The first-order valence-corrected chi connectivity index (χ1v) is 9.30. The Morgan fingerprint density at radius 1 is 1.00 bits per heavy atom. The molecule has 0 aliphatic carbocycles. The van der Waals surface area contributed by atoms with Crippen LogP contribution in [0.1, 0.15) is 23.2 Å². The van der Waals surface area contributed by atoms with Crippen molar-refractivity contribution < 1.29 is 19.1 Å². The predicted molar refractivity (Wildman–Crippen MR) is 108 cm³/mol. The molecule has 0 bridgehead atoms. The topological polar surface area (TPSA) is 96.9 Å². The fourth-order valence-corrected chi connectivity index (χ4v) is 3.18. The third-order valence-electron chi connectivity index (χ3n) is 4.74. The molecule has 0 spiro atoms. The van der Waals surface area contributed by atoms with Gasteiger partial charge < -0.3 is 24.6 Å². The minimum Gasteiger partial charge on any atom is -0.497 e. The Morgan fingerprint density at radius 3 is 2.31 bits per heavy atom. The average Bonchev–Trinajstić information content (AvgIpc) is 2.72. The molecule has 2 heterocycles. The molecule has 29 heavy (non-hydrogen) atoms. The Bertz CT molecular complexity index is 910. The van der Waals surface area contributed by atoms with Crippen LogP contribution in [0.4, 0.5) is 11.5 Å². The molecule has 1 aromatic heterocycles. The summed E-state index contributed by atoms with van der Waals surface area (Å²) in [5, 5.41) is 3.18. The highest BCUT2D eigenvalue weighted by molar-refractivity contribution is 5.93. The van der Waals surface area contributed by atoms with E-state index in [1.807, 2.05) is 0 Å². The number of methoxy groups -OCH3 is 2. The van der Waals surface area contributed by atoms with Crippen LogP contribution in [0.3, 0.4) is 0 Å². The number of hydrogen-bond donors (Lipinski definition) is 1. The molecule has 0 saturated carbocycles. The summed E-state index contributed by atoms with van der Waals surface area (Å²) in [7, 11) is 3.16. The van der Waals surface area contributed by atoms with E-state index in [0.29, 0.717) is 60.7 Å². The molecule has 1 fully saturated rings. The lowest BCUT2D eigenvalue weighted by atomic mass is 10.2. The highest BCUT2D eigenvalue weighted by Gasteiger charge is 2.24. The number of anilines is 2. The number of nitrogens with one attached hydrogen (secondary N) is 1. The van der Waals surface area contributed by atoms with E-state index in [2.05, 4.69) is 15.3 Å². The normalized spacial score (nSPS) is 13.8. The third-order valence-corrected chi connectivity index (χ3v) is 4.74. The molecule has 2 aromatic rings. The lowest BCUT2D eigenvalue weighted by molar-refractivity contribution is -0.130. The Labute approximate surface area is 169 Å². The fraction of sp³-hybridized carbons (Fsp3) is 0.400. The Hall–Kier alpha value is -3.36. The van der Waals surface area contributed by atoms with Gasteiger partial charge in [0.05, 0.1) is 19.9 Å². The van der Waals surface area contributed by atoms with Gasteiger partial charge >= 0.3 is 0 Å². The molecule has 9 heteroatoms. The monoisotopic (exact) mass is 399 g/mol. The Morgan fingerprint density at radius 2 is 1.69 bits per heavy atom. The van der Waals surface area contributed by atoms with E-state index in [0.717, 1.165) is 0 Å². The van der Waals surface area contributed by atoms with Crippen molar-refractivity contribution in [2.24, 2.45) is 0 Å². The van der Waals surface area contributed by atoms with E-state index >= 15 is 0 Å². The SMILES string of the molecule is COc1ccc(OC)c(Nc2cc(C(=O)N3CCN(C(C)=O)CC3)nc(C)n2)c1. The first-order chi connectivity index (χ1) is 13.9. The number of ether oxygens (including phenoxy) is 2. The molecular formula is C20H25N5O4. The maximum absolute atomic E-state index is 12.9. The Balaban J connectivity index is 1.80. The van der Waals surface area contributed by atoms with Gasteiger partial charge in [-0.1, -0.05) is 0 Å². The van der Waals surface area contributed by atoms with Crippen molar-refractivity contribution in [1.82, 2.24) is 19.8 Å². The first kappa shape index (κ1) is 20.4. The number of nitrogens with zero attached hydrogens (tertiary/aromatic N) is 4. The third kappa shape index (κ3) is 4.74. The predicted octanol–water partition coefficient (Wildman–Crippen LogP) is 1.85. The number of aromatic nitrogens is 2. The number of amides is 2. The zero-order valence-corrected chi connectivity index (χ0v) is 17.1. The number of hydrogen-bond acceptors (Lipinski definition) is 7. The van der Waals surface area contributed by atoms with Crippen LogP contribution in [0.2, 0.25) is 0 Å². The highest BCUT2D eigenvalue weighted by Crippen LogP contribution is 2.31. The van der Waals surface area contributed by atoms with Gasteiger partial charge in [0.1, 0.15) is 28.8 Å². The van der Waals surface area contributed by atoms with Gasteiger partial charge in [-0.3, -0.25) is 9.59 Å². The lowest BCUT2D eigenvalue weighted by Gasteiger charge is -2.34. The summed E-state index contributed by atoms with van der Waals surface area (Å²) in [5.41, 5.74) is 0.969. The highest BCUT2D eigenvalue weighted by atomic mass is 16.5. The van der Waals surface area contributed by atoms with E-state index < -0.39 is 0 Å². The summed E-state index contributed by atoms with van der Waals surface area (Å²) >= 11 is 0. The van der Waals surface area contributed by atoms with Crippen LogP contribution < -0.4 is 14.8 Å². The molecule has 1 aliphatic heterocycles. The molecular weight excluding hydrogens is 374 g/mol. The second-order valence-corrected chi connectivity index (χ2v) is 6.68. The summed E-state index contributed by atoms with van der Waals surface area (Å²) < 4.78 is 10.6. The summed E-state index contributed by atoms with van der Waals surface area (Å²) in [6.07, 6.45) is 0. The van der Waals surface area contributed by atoms with Crippen LogP contribution in [-0.4, -0.2) is 72.0 Å². The number of benzene rings is 1. The van der Waals surface area contributed by atoms with Crippen LogP contribution in [0.25, 0.3) is 0 Å². The number of rotatable bonds is 5. The molecule has 9 nitrogen and oxygen atoms in total. The molecule has 1 aliphatic rings. The fourth-order valence-electron chi connectivity index (χ4n) is 3.18. The first-order valence-electron chi connectivity index (χ1n) is 9.30. The number of piperazine rings is 1. The molecule has 3 rings (SSSR count). The summed E-state index contributed by atoms with van der Waals surface area (Å²) in [5.74, 6) is 2.08. The largest absolute Gasteiger partial charge is 0.497 e. The van der Waals surface area contributed by atoms with Gasteiger partial charge in [0, 0.05) is 45.2 Å². The second kappa shape index (κ2) is 8.76. The van der Waals surface area contributed by atoms with E-state index in [1.54, 1.807) is 55.2 Å². The molecule has 0 atom stereocenters. The minimum absolute atomic E-state index is 0.0219. The van der Waals surface area contributed by atoms with E-state index in [9.17, 15) is 9.59 Å². The van der Waals surface area contributed by atoms with Crippen LogP contribution in [0, 0.1) is 6.92 Å². The number of carbonyl (C=O) groups is 2. The standard InChI is InChI=1S/C20H25N5O4/c1-13-21-17(20(27)25-9-7-24(8-10-25)14(2)26)12-19(22-13)23-16-11-15(28-3)5-6-18(16)29-4/h5-6,11-12H,7-10H2,1-4H3,(H,21,22,23). The molecule has 154 valence electrons. The van der Waals surface area contributed by atoms with Crippen molar-refractivity contribution >= 4 is 23.3 Å². The minimum atomic E-state index is -0.181.